The molecule has 0 aliphatic heterocycles. The lowest BCUT2D eigenvalue weighted by Crippen LogP contribution is -2.07. The van der Waals surface area contributed by atoms with E-state index in [0.29, 0.717) is 13.2 Å². The number of rotatable bonds is 5. The van der Waals surface area contributed by atoms with Crippen LogP contribution in [0.15, 0.2) is 24.0 Å². The van der Waals surface area contributed by atoms with Gasteiger partial charge in [-0.2, -0.15) is 0 Å². The Kier molecular flexibility index (Phi) is 6.84. The molecule has 0 unspecified atom stereocenters. The van der Waals surface area contributed by atoms with Crippen LogP contribution in [0.5, 0.6) is 0 Å². The van der Waals surface area contributed by atoms with Crippen LogP contribution in [-0.4, -0.2) is 13.2 Å². The van der Waals surface area contributed by atoms with E-state index in [2.05, 4.69) is 6.92 Å². The van der Waals surface area contributed by atoms with Crippen LogP contribution >= 0.6 is 0 Å². The molecule has 0 amide bonds. The summed E-state index contributed by atoms with van der Waals surface area (Å²) in [7, 11) is 0. The number of nitrogens with two attached hydrogens (primary N) is 1. The average Bonchev–Trinajstić information content (AvgIpc) is 2.05. The fourth-order valence-corrected chi connectivity index (χ4v) is 0.662. The summed E-state index contributed by atoms with van der Waals surface area (Å²) < 4.78 is 5.33. The Labute approximate surface area is 68.7 Å². The highest BCUT2D eigenvalue weighted by Crippen LogP contribution is 2.01. The molecule has 11 heavy (non-hydrogen) atoms. The molecule has 0 spiro atoms. The van der Waals surface area contributed by atoms with E-state index < -0.39 is 0 Å². The summed E-state index contributed by atoms with van der Waals surface area (Å²) in [5, 5.41) is 0. The summed E-state index contributed by atoms with van der Waals surface area (Å²) in [6.07, 6.45) is 6.83. The maximum absolute atomic E-state index is 5.33. The van der Waals surface area contributed by atoms with Gasteiger partial charge < -0.3 is 10.5 Å². The highest BCUT2D eigenvalue weighted by molar-refractivity contribution is 5.06. The Morgan fingerprint density at radius 3 is 2.73 bits per heavy atom. The van der Waals surface area contributed by atoms with Crippen LogP contribution in [0.3, 0.4) is 0 Å². The first kappa shape index (κ1) is 10.2. The summed E-state index contributed by atoms with van der Waals surface area (Å²) in [6.45, 7) is 5.23. The molecule has 0 heterocycles. The first-order valence-electron chi connectivity index (χ1n) is 3.99. The van der Waals surface area contributed by atoms with Crippen molar-refractivity contribution in [3.8, 4) is 0 Å². The molecule has 0 aromatic heterocycles. The van der Waals surface area contributed by atoms with E-state index in [9.17, 15) is 0 Å². The van der Waals surface area contributed by atoms with Crippen LogP contribution < -0.4 is 5.73 Å². The van der Waals surface area contributed by atoms with Gasteiger partial charge in [-0.15, -0.1) is 0 Å². The predicted molar refractivity (Wildman–Crippen MR) is 48.2 cm³/mol. The molecule has 0 aliphatic carbocycles. The SMILES string of the molecule is C/C=C\C=C(/CC)OCCN. The van der Waals surface area contributed by atoms with Crippen LogP contribution in [0.2, 0.25) is 0 Å². The highest BCUT2D eigenvalue weighted by atomic mass is 16.5. The van der Waals surface area contributed by atoms with Crippen LogP contribution in [0, 0.1) is 0 Å². The van der Waals surface area contributed by atoms with Crippen molar-refractivity contribution in [2.24, 2.45) is 5.73 Å². The Bertz CT molecular complexity index is 138. The average molecular weight is 155 g/mol. The van der Waals surface area contributed by atoms with Crippen molar-refractivity contribution in [1.82, 2.24) is 0 Å². The second-order valence-electron chi connectivity index (χ2n) is 2.15. The molecule has 0 atom stereocenters. The predicted octanol–water partition coefficient (Wildman–Crippen LogP) is 1.83. The molecule has 0 radical (unpaired) electrons. The molecule has 0 saturated heterocycles. The minimum absolute atomic E-state index is 0.577. The molecule has 2 heteroatoms. The highest BCUT2D eigenvalue weighted by Gasteiger charge is 1.90. The normalized spacial score (nSPS) is 12.5. The standard InChI is InChI=1S/C9H17NO/c1-3-5-6-9(4-2)11-8-7-10/h3,5-6H,4,7-8,10H2,1-2H3/b5-3-,9-6+. The van der Waals surface area contributed by atoms with Gasteiger partial charge in [0.05, 0.1) is 12.4 Å². The zero-order chi connectivity index (χ0) is 8.53. The smallest absolute Gasteiger partial charge is 0.0999 e. The Morgan fingerprint density at radius 2 is 2.27 bits per heavy atom. The molecular formula is C9H17NO. The van der Waals surface area contributed by atoms with E-state index in [0.717, 1.165) is 12.2 Å². The quantitative estimate of drug-likeness (QED) is 0.485. The van der Waals surface area contributed by atoms with E-state index >= 15 is 0 Å². The Balaban J connectivity index is 3.73. The maximum Gasteiger partial charge on any atom is 0.0999 e. The van der Waals surface area contributed by atoms with E-state index in [1.807, 2.05) is 25.2 Å². The van der Waals surface area contributed by atoms with Gasteiger partial charge in [-0.05, 0) is 13.0 Å². The largest absolute Gasteiger partial charge is 0.497 e. The lowest BCUT2D eigenvalue weighted by molar-refractivity contribution is 0.213. The third kappa shape index (κ3) is 5.67. The fourth-order valence-electron chi connectivity index (χ4n) is 0.662. The van der Waals surface area contributed by atoms with Gasteiger partial charge >= 0.3 is 0 Å². The summed E-state index contributed by atoms with van der Waals surface area (Å²) >= 11 is 0. The Morgan fingerprint density at radius 1 is 1.55 bits per heavy atom. The van der Waals surface area contributed by atoms with E-state index in [-0.39, 0.29) is 0 Å². The first-order chi connectivity index (χ1) is 5.35. The van der Waals surface area contributed by atoms with Gasteiger partial charge in [-0.1, -0.05) is 19.1 Å². The number of ether oxygens (including phenoxy) is 1. The lowest BCUT2D eigenvalue weighted by atomic mass is 10.3. The van der Waals surface area contributed by atoms with Crippen molar-refractivity contribution in [1.29, 1.82) is 0 Å². The van der Waals surface area contributed by atoms with Crippen LogP contribution in [0.1, 0.15) is 20.3 Å². The first-order valence-corrected chi connectivity index (χ1v) is 3.99. The van der Waals surface area contributed by atoms with Crippen molar-refractivity contribution in [2.75, 3.05) is 13.2 Å². The van der Waals surface area contributed by atoms with Crippen molar-refractivity contribution >= 4 is 0 Å². The molecule has 0 aromatic carbocycles. The third-order valence-electron chi connectivity index (χ3n) is 1.23. The van der Waals surface area contributed by atoms with E-state index in [1.54, 1.807) is 0 Å². The number of hydrogen-bond acceptors (Lipinski definition) is 2. The molecule has 0 bridgehead atoms. The molecule has 0 aromatic rings. The van der Waals surface area contributed by atoms with Gasteiger partial charge in [0.2, 0.25) is 0 Å². The molecule has 0 aliphatic rings. The molecular weight excluding hydrogens is 138 g/mol. The van der Waals surface area contributed by atoms with Gasteiger partial charge in [0.15, 0.2) is 0 Å². The van der Waals surface area contributed by atoms with Crippen molar-refractivity contribution in [2.45, 2.75) is 20.3 Å². The van der Waals surface area contributed by atoms with E-state index in [1.165, 1.54) is 0 Å². The minimum Gasteiger partial charge on any atom is -0.497 e. The summed E-state index contributed by atoms with van der Waals surface area (Å²) in [5.41, 5.74) is 5.29. The van der Waals surface area contributed by atoms with Gasteiger partial charge in [0, 0.05) is 13.0 Å². The second-order valence-corrected chi connectivity index (χ2v) is 2.15. The number of hydrogen-bond donors (Lipinski definition) is 1. The van der Waals surface area contributed by atoms with E-state index in [4.69, 9.17) is 10.5 Å². The summed E-state index contributed by atoms with van der Waals surface area (Å²) in [4.78, 5) is 0. The monoisotopic (exact) mass is 155 g/mol. The Hall–Kier alpha value is -0.760. The molecule has 64 valence electrons. The van der Waals surface area contributed by atoms with Crippen LogP contribution in [-0.2, 0) is 4.74 Å². The van der Waals surface area contributed by atoms with Crippen LogP contribution in [0.25, 0.3) is 0 Å². The summed E-state index contributed by atoms with van der Waals surface area (Å²) in [5.74, 6) is 0.994. The van der Waals surface area contributed by atoms with Crippen LogP contribution in [0.4, 0.5) is 0 Å². The molecule has 0 rings (SSSR count). The third-order valence-corrected chi connectivity index (χ3v) is 1.23. The molecule has 2 nitrogen and oxygen atoms in total. The van der Waals surface area contributed by atoms with Gasteiger partial charge in [0.1, 0.15) is 0 Å². The maximum atomic E-state index is 5.33. The lowest BCUT2D eigenvalue weighted by Gasteiger charge is -2.05. The molecule has 0 saturated carbocycles. The van der Waals surface area contributed by atoms with Gasteiger partial charge in [-0.25, -0.2) is 0 Å². The zero-order valence-electron chi connectivity index (χ0n) is 7.34. The topological polar surface area (TPSA) is 35.2 Å². The molecule has 2 N–H and O–H groups in total. The summed E-state index contributed by atoms with van der Waals surface area (Å²) in [6, 6.07) is 0. The fraction of sp³-hybridized carbons (Fsp3) is 0.556. The van der Waals surface area contributed by atoms with Crippen molar-refractivity contribution in [3.63, 3.8) is 0 Å². The zero-order valence-corrected chi connectivity index (χ0v) is 7.34. The van der Waals surface area contributed by atoms with Crippen molar-refractivity contribution < 1.29 is 4.74 Å². The molecule has 0 fully saturated rings. The van der Waals surface area contributed by atoms with Gasteiger partial charge in [-0.3, -0.25) is 0 Å². The second kappa shape index (κ2) is 7.35. The number of allylic oxidation sites excluding steroid dienone is 4. The van der Waals surface area contributed by atoms with Crippen molar-refractivity contribution in [3.05, 3.63) is 24.0 Å². The minimum atomic E-state index is 0.577. The van der Waals surface area contributed by atoms with Gasteiger partial charge in [0.25, 0.3) is 0 Å².